The number of likely N-dealkylation sites (N-methyl/N-ethyl adjacent to an activating group) is 1. The second-order valence-corrected chi connectivity index (χ2v) is 7.80. The average Bonchev–Trinajstić information content (AvgIpc) is 2.91. The molecule has 2 fully saturated rings. The van der Waals surface area contributed by atoms with Crippen LogP contribution in [0.25, 0.3) is 0 Å². The van der Waals surface area contributed by atoms with E-state index in [0.29, 0.717) is 28.7 Å². The largest absolute Gasteiger partial charge is 0.511 e. The number of alkyl halides is 1. The summed E-state index contributed by atoms with van der Waals surface area (Å²) in [5.41, 5.74) is 0.765. The summed E-state index contributed by atoms with van der Waals surface area (Å²) in [6.07, 6.45) is 3.03. The number of fused-ring (bicyclic) bond motifs is 4. The summed E-state index contributed by atoms with van der Waals surface area (Å²) in [7, 11) is 2.09. The predicted molar refractivity (Wildman–Crippen MR) is 116 cm³/mol. The molecule has 2 aromatic rings. The Morgan fingerprint density at radius 3 is 2.30 bits per heavy atom. The first-order valence-electron chi connectivity index (χ1n) is 10.1. The SMILES string of the molecule is CBr.CN1C2CCCC1C(OC(=O)OC1(O)c3ccccc3Oc3ccccc31)C2. The summed E-state index contributed by atoms with van der Waals surface area (Å²) < 4.78 is 17.1. The molecule has 0 radical (unpaired) electrons. The highest BCUT2D eigenvalue weighted by molar-refractivity contribution is 9.08. The van der Waals surface area contributed by atoms with E-state index in [9.17, 15) is 9.90 Å². The Hall–Kier alpha value is -2.09. The molecule has 160 valence electrons. The average molecular weight is 476 g/mol. The molecule has 0 saturated carbocycles. The highest BCUT2D eigenvalue weighted by Crippen LogP contribution is 2.47. The number of ether oxygens (including phenoxy) is 3. The molecular formula is C23H26BrNO5. The summed E-state index contributed by atoms with van der Waals surface area (Å²) in [5, 5.41) is 11.4. The molecule has 0 aromatic heterocycles. The van der Waals surface area contributed by atoms with E-state index in [1.807, 2.05) is 5.83 Å². The van der Waals surface area contributed by atoms with Crippen LogP contribution in [-0.2, 0) is 15.3 Å². The standard InChI is InChI=1S/C22H23NO5.CH3Br/c1-23-14-7-6-10-17(23)20(13-14)27-21(24)28-22(25)15-8-2-4-11-18(15)26-19-12-5-3-9-16(19)22;1-2/h2-5,8-9,11-12,14,17,20,25H,6-7,10,13H2,1H3;1H3. The van der Waals surface area contributed by atoms with Gasteiger partial charge in [0.25, 0.3) is 5.79 Å². The van der Waals surface area contributed by atoms with E-state index < -0.39 is 11.9 Å². The van der Waals surface area contributed by atoms with Crippen LogP contribution >= 0.6 is 15.9 Å². The molecule has 2 saturated heterocycles. The van der Waals surface area contributed by atoms with Crippen molar-refractivity contribution in [2.24, 2.45) is 0 Å². The van der Waals surface area contributed by atoms with Gasteiger partial charge in [0.15, 0.2) is 0 Å². The van der Waals surface area contributed by atoms with Crippen molar-refractivity contribution in [3.05, 3.63) is 59.7 Å². The van der Waals surface area contributed by atoms with E-state index in [1.165, 1.54) is 0 Å². The number of para-hydroxylation sites is 2. The van der Waals surface area contributed by atoms with Gasteiger partial charge < -0.3 is 19.3 Å². The van der Waals surface area contributed by atoms with Crippen molar-refractivity contribution in [1.29, 1.82) is 0 Å². The summed E-state index contributed by atoms with van der Waals surface area (Å²) >= 11 is 2.94. The number of hydrogen-bond acceptors (Lipinski definition) is 6. The zero-order chi connectivity index (χ0) is 21.3. The molecule has 1 N–H and O–H groups in total. The Labute approximate surface area is 184 Å². The molecular weight excluding hydrogens is 450 g/mol. The number of hydrogen-bond donors (Lipinski definition) is 1. The molecule has 0 spiro atoms. The van der Waals surface area contributed by atoms with Crippen molar-refractivity contribution < 1.29 is 24.1 Å². The molecule has 3 aliphatic heterocycles. The lowest BCUT2D eigenvalue weighted by Gasteiger charge is -2.35. The van der Waals surface area contributed by atoms with E-state index >= 15 is 0 Å². The van der Waals surface area contributed by atoms with Crippen LogP contribution in [0.2, 0.25) is 0 Å². The fourth-order valence-corrected chi connectivity index (χ4v) is 4.84. The normalized spacial score (nSPS) is 25.7. The van der Waals surface area contributed by atoms with Gasteiger partial charge in [0.1, 0.15) is 17.6 Å². The monoisotopic (exact) mass is 475 g/mol. The number of carbonyl (C=O) groups is 1. The molecule has 0 amide bonds. The first-order valence-corrected chi connectivity index (χ1v) is 11.7. The molecule has 30 heavy (non-hydrogen) atoms. The van der Waals surface area contributed by atoms with Gasteiger partial charge in [-0.1, -0.05) is 46.6 Å². The van der Waals surface area contributed by atoms with Gasteiger partial charge in [-0.05, 0) is 50.0 Å². The van der Waals surface area contributed by atoms with Crippen molar-refractivity contribution in [2.45, 2.75) is 49.7 Å². The lowest BCUT2D eigenvalue weighted by atomic mass is 9.93. The Bertz CT molecular complexity index is 874. The minimum absolute atomic E-state index is 0.209. The van der Waals surface area contributed by atoms with Crippen LogP contribution in [0, 0.1) is 0 Å². The molecule has 3 aliphatic rings. The third kappa shape index (κ3) is 3.59. The Balaban J connectivity index is 0.00000106. The number of aliphatic hydroxyl groups is 1. The Morgan fingerprint density at radius 1 is 1.10 bits per heavy atom. The van der Waals surface area contributed by atoms with Gasteiger partial charge in [0, 0.05) is 18.5 Å². The third-order valence-corrected chi connectivity index (χ3v) is 6.27. The van der Waals surface area contributed by atoms with Crippen molar-refractivity contribution in [1.82, 2.24) is 4.90 Å². The van der Waals surface area contributed by atoms with Crippen LogP contribution in [0.4, 0.5) is 4.79 Å². The van der Waals surface area contributed by atoms with Gasteiger partial charge in [0.2, 0.25) is 0 Å². The van der Waals surface area contributed by atoms with Gasteiger partial charge in [-0.25, -0.2) is 4.79 Å². The van der Waals surface area contributed by atoms with Crippen LogP contribution in [0.5, 0.6) is 11.5 Å². The lowest BCUT2D eigenvalue weighted by molar-refractivity contribution is -0.163. The predicted octanol–water partition coefficient (Wildman–Crippen LogP) is 4.78. The zero-order valence-electron chi connectivity index (χ0n) is 17.1. The fraction of sp³-hybridized carbons (Fsp3) is 0.435. The summed E-state index contributed by atoms with van der Waals surface area (Å²) in [6, 6.07) is 14.7. The zero-order valence-corrected chi connectivity index (χ0v) is 18.7. The van der Waals surface area contributed by atoms with Gasteiger partial charge >= 0.3 is 6.16 Å². The molecule has 2 bridgehead atoms. The third-order valence-electron chi connectivity index (χ3n) is 6.27. The number of nitrogens with zero attached hydrogens (tertiary/aromatic N) is 1. The van der Waals surface area contributed by atoms with Gasteiger partial charge in [0.05, 0.1) is 11.1 Å². The number of piperidine rings is 1. The number of benzene rings is 2. The van der Waals surface area contributed by atoms with E-state index in [-0.39, 0.29) is 12.1 Å². The minimum atomic E-state index is -1.96. The summed E-state index contributed by atoms with van der Waals surface area (Å²) in [6.45, 7) is 0. The second kappa shape index (κ2) is 8.57. The van der Waals surface area contributed by atoms with Crippen LogP contribution < -0.4 is 4.74 Å². The topological polar surface area (TPSA) is 68.2 Å². The highest BCUT2D eigenvalue weighted by atomic mass is 79.9. The number of carbonyl (C=O) groups excluding carboxylic acids is 1. The molecule has 0 aliphatic carbocycles. The maximum absolute atomic E-state index is 12.7. The molecule has 3 atom stereocenters. The molecule has 5 rings (SSSR count). The Morgan fingerprint density at radius 2 is 1.70 bits per heavy atom. The van der Waals surface area contributed by atoms with E-state index in [2.05, 4.69) is 27.9 Å². The number of rotatable bonds is 2. The fourth-order valence-electron chi connectivity index (χ4n) is 4.84. The number of halogens is 1. The second-order valence-electron chi connectivity index (χ2n) is 7.80. The minimum Gasteiger partial charge on any atom is -0.456 e. The van der Waals surface area contributed by atoms with Crippen LogP contribution in [-0.4, -0.2) is 47.2 Å². The molecule has 2 aromatic carbocycles. The van der Waals surface area contributed by atoms with Crippen molar-refractivity contribution in [3.8, 4) is 11.5 Å². The first kappa shape index (κ1) is 21.2. The van der Waals surface area contributed by atoms with Gasteiger partial charge in [-0.3, -0.25) is 4.90 Å². The molecule has 3 heterocycles. The highest BCUT2D eigenvalue weighted by Gasteiger charge is 2.47. The molecule has 7 heteroatoms. The van der Waals surface area contributed by atoms with Crippen molar-refractivity contribution in [3.63, 3.8) is 0 Å². The lowest BCUT2D eigenvalue weighted by Crippen LogP contribution is -2.41. The van der Waals surface area contributed by atoms with Crippen molar-refractivity contribution in [2.75, 3.05) is 12.9 Å². The Kier molecular flexibility index (Phi) is 6.04. The van der Waals surface area contributed by atoms with E-state index in [0.717, 1.165) is 25.7 Å². The quantitative estimate of drug-likeness (QED) is 0.383. The van der Waals surface area contributed by atoms with Gasteiger partial charge in [-0.2, -0.15) is 0 Å². The maximum atomic E-state index is 12.7. The van der Waals surface area contributed by atoms with E-state index in [1.54, 1.807) is 48.5 Å². The maximum Gasteiger partial charge on any atom is 0.511 e. The smallest absolute Gasteiger partial charge is 0.456 e. The van der Waals surface area contributed by atoms with Crippen LogP contribution in [0.3, 0.4) is 0 Å². The van der Waals surface area contributed by atoms with Crippen LogP contribution in [0.15, 0.2) is 48.5 Å². The first-order chi connectivity index (χ1) is 14.6. The van der Waals surface area contributed by atoms with E-state index in [4.69, 9.17) is 14.2 Å². The molecule has 3 unspecified atom stereocenters. The van der Waals surface area contributed by atoms with Crippen molar-refractivity contribution >= 4 is 22.1 Å². The summed E-state index contributed by atoms with van der Waals surface area (Å²) in [5.74, 6) is 0.760. The van der Waals surface area contributed by atoms with Crippen LogP contribution in [0.1, 0.15) is 36.8 Å². The molecule has 6 nitrogen and oxygen atoms in total. The summed E-state index contributed by atoms with van der Waals surface area (Å²) in [4.78, 5) is 15.0. The van der Waals surface area contributed by atoms with Gasteiger partial charge in [-0.15, -0.1) is 0 Å².